The highest BCUT2D eigenvalue weighted by molar-refractivity contribution is 7.98. The number of rotatable bonds is 7. The van der Waals surface area contributed by atoms with Crippen LogP contribution in [0, 0.1) is 10.1 Å². The van der Waals surface area contributed by atoms with Crippen molar-refractivity contribution in [1.82, 2.24) is 0 Å². The van der Waals surface area contributed by atoms with Gasteiger partial charge in [0.25, 0.3) is 5.69 Å². The Labute approximate surface area is 148 Å². The van der Waals surface area contributed by atoms with Gasteiger partial charge < -0.3 is 4.74 Å². The van der Waals surface area contributed by atoms with Crippen molar-refractivity contribution in [2.75, 3.05) is 12.9 Å². The van der Waals surface area contributed by atoms with Gasteiger partial charge in [-0.15, -0.1) is 11.8 Å². The van der Waals surface area contributed by atoms with Gasteiger partial charge in [0.1, 0.15) is 0 Å². The van der Waals surface area contributed by atoms with Crippen LogP contribution >= 0.6 is 11.8 Å². The highest BCUT2D eigenvalue weighted by Gasteiger charge is 2.09. The second-order valence-corrected chi connectivity index (χ2v) is 5.82. The first-order valence-electron chi connectivity index (χ1n) is 7.26. The first kappa shape index (κ1) is 18.4. The summed E-state index contributed by atoms with van der Waals surface area (Å²) in [5.74, 6) is -0.995. The molecule has 0 saturated heterocycles. The molecule has 6 nitrogen and oxygen atoms in total. The SMILES string of the molecule is CSc1ccc(C(=O)COC(=O)/C=C/c2cccc([N+](=O)[O-])c2)cc1. The largest absolute Gasteiger partial charge is 0.454 e. The van der Waals surface area contributed by atoms with Gasteiger partial charge in [0.15, 0.2) is 12.4 Å². The van der Waals surface area contributed by atoms with E-state index in [1.807, 2.05) is 18.4 Å². The van der Waals surface area contributed by atoms with Crippen LogP contribution in [0.25, 0.3) is 6.08 Å². The number of carbonyl (C=O) groups excluding carboxylic acids is 2. The lowest BCUT2D eigenvalue weighted by atomic mass is 10.1. The third-order valence-corrected chi connectivity index (χ3v) is 3.99. The lowest BCUT2D eigenvalue weighted by Crippen LogP contribution is -2.12. The Kier molecular flexibility index (Phi) is 6.47. The molecule has 0 heterocycles. The van der Waals surface area contributed by atoms with E-state index in [2.05, 4.69) is 0 Å². The summed E-state index contributed by atoms with van der Waals surface area (Å²) >= 11 is 1.57. The predicted molar refractivity (Wildman–Crippen MR) is 95.6 cm³/mol. The zero-order valence-electron chi connectivity index (χ0n) is 13.4. The molecule has 128 valence electrons. The zero-order chi connectivity index (χ0) is 18.2. The highest BCUT2D eigenvalue weighted by atomic mass is 32.2. The van der Waals surface area contributed by atoms with Gasteiger partial charge in [-0.2, -0.15) is 0 Å². The quantitative estimate of drug-likeness (QED) is 0.187. The Morgan fingerprint density at radius 2 is 1.92 bits per heavy atom. The molecule has 0 radical (unpaired) electrons. The molecule has 0 amide bonds. The summed E-state index contributed by atoms with van der Waals surface area (Å²) in [7, 11) is 0. The fraction of sp³-hybridized carbons (Fsp3) is 0.111. The summed E-state index contributed by atoms with van der Waals surface area (Å²) in [6, 6.07) is 12.8. The van der Waals surface area contributed by atoms with Gasteiger partial charge in [-0.05, 0) is 30.0 Å². The summed E-state index contributed by atoms with van der Waals surface area (Å²) in [4.78, 5) is 34.8. The molecular formula is C18H15NO5S. The number of ether oxygens (including phenoxy) is 1. The van der Waals surface area contributed by atoms with Crippen molar-refractivity contribution < 1.29 is 19.2 Å². The van der Waals surface area contributed by atoms with E-state index in [4.69, 9.17) is 4.74 Å². The molecule has 0 N–H and O–H groups in total. The Hall–Kier alpha value is -2.93. The summed E-state index contributed by atoms with van der Waals surface area (Å²) in [5.41, 5.74) is 0.887. The van der Waals surface area contributed by atoms with E-state index in [-0.39, 0.29) is 18.1 Å². The van der Waals surface area contributed by atoms with Gasteiger partial charge in [0.2, 0.25) is 0 Å². The molecule has 0 aromatic heterocycles. The fourth-order valence-electron chi connectivity index (χ4n) is 1.95. The van der Waals surface area contributed by atoms with Gasteiger partial charge in [-0.3, -0.25) is 14.9 Å². The first-order chi connectivity index (χ1) is 12.0. The summed E-state index contributed by atoms with van der Waals surface area (Å²) in [6.45, 7) is -0.364. The molecule has 0 fully saturated rings. The minimum absolute atomic E-state index is 0.0700. The number of carbonyl (C=O) groups is 2. The Morgan fingerprint density at radius 3 is 2.56 bits per heavy atom. The number of benzene rings is 2. The minimum atomic E-state index is -0.694. The van der Waals surface area contributed by atoms with Crippen LogP contribution in [0.2, 0.25) is 0 Å². The smallest absolute Gasteiger partial charge is 0.331 e. The van der Waals surface area contributed by atoms with Gasteiger partial charge in [-0.25, -0.2) is 4.79 Å². The van der Waals surface area contributed by atoms with Crippen LogP contribution in [-0.4, -0.2) is 29.5 Å². The molecule has 0 unspecified atom stereocenters. The summed E-state index contributed by atoms with van der Waals surface area (Å²) in [6.07, 6.45) is 4.46. The molecule has 0 aliphatic rings. The van der Waals surface area contributed by atoms with E-state index >= 15 is 0 Å². The van der Waals surface area contributed by atoms with Crippen molar-refractivity contribution in [1.29, 1.82) is 0 Å². The molecule has 0 bridgehead atoms. The second-order valence-electron chi connectivity index (χ2n) is 4.94. The van der Waals surface area contributed by atoms with Crippen LogP contribution in [0.5, 0.6) is 0 Å². The molecule has 0 aliphatic heterocycles. The lowest BCUT2D eigenvalue weighted by molar-refractivity contribution is -0.384. The van der Waals surface area contributed by atoms with Crippen LogP contribution < -0.4 is 0 Å². The molecule has 25 heavy (non-hydrogen) atoms. The standard InChI is InChI=1S/C18H15NO5S/c1-25-16-8-6-14(7-9-16)17(20)12-24-18(21)10-5-13-3-2-4-15(11-13)19(22)23/h2-11H,12H2,1H3/b10-5+. The molecule has 2 rings (SSSR count). The fourth-order valence-corrected chi connectivity index (χ4v) is 2.36. The predicted octanol–water partition coefficient (Wildman–Crippen LogP) is 3.76. The van der Waals surface area contributed by atoms with Gasteiger partial charge in [0.05, 0.1) is 4.92 Å². The highest BCUT2D eigenvalue weighted by Crippen LogP contribution is 2.16. The van der Waals surface area contributed by atoms with Crippen molar-refractivity contribution in [3.63, 3.8) is 0 Å². The normalized spacial score (nSPS) is 10.6. The maximum Gasteiger partial charge on any atom is 0.331 e. The molecule has 7 heteroatoms. The average Bonchev–Trinajstić information content (AvgIpc) is 2.64. The van der Waals surface area contributed by atoms with Crippen molar-refractivity contribution in [2.24, 2.45) is 0 Å². The number of nitro groups is 1. The van der Waals surface area contributed by atoms with Crippen molar-refractivity contribution in [3.8, 4) is 0 Å². The van der Waals surface area contributed by atoms with Crippen LogP contribution in [0.15, 0.2) is 59.5 Å². The Bertz CT molecular complexity index is 814. The Morgan fingerprint density at radius 1 is 1.20 bits per heavy atom. The molecular weight excluding hydrogens is 342 g/mol. The van der Waals surface area contributed by atoms with Crippen LogP contribution in [0.3, 0.4) is 0 Å². The third kappa shape index (κ3) is 5.58. The number of thioether (sulfide) groups is 1. The second kappa shape index (κ2) is 8.79. The number of Topliss-reactive ketones (excluding diaryl/α,β-unsaturated/α-hetero) is 1. The number of nitrogens with zero attached hydrogens (tertiary/aromatic N) is 1. The minimum Gasteiger partial charge on any atom is -0.454 e. The maximum absolute atomic E-state index is 12.0. The summed E-state index contributed by atoms with van der Waals surface area (Å²) in [5, 5.41) is 10.7. The lowest BCUT2D eigenvalue weighted by Gasteiger charge is -2.03. The van der Waals surface area contributed by atoms with E-state index in [0.717, 1.165) is 11.0 Å². The van der Waals surface area contributed by atoms with E-state index in [0.29, 0.717) is 11.1 Å². The maximum atomic E-state index is 12.0. The van der Waals surface area contributed by atoms with E-state index in [9.17, 15) is 19.7 Å². The monoisotopic (exact) mass is 357 g/mol. The van der Waals surface area contributed by atoms with Crippen molar-refractivity contribution in [3.05, 3.63) is 75.8 Å². The van der Waals surface area contributed by atoms with Gasteiger partial charge in [0, 0.05) is 28.7 Å². The average molecular weight is 357 g/mol. The number of hydrogen-bond donors (Lipinski definition) is 0. The number of esters is 1. The third-order valence-electron chi connectivity index (χ3n) is 3.25. The van der Waals surface area contributed by atoms with Gasteiger partial charge >= 0.3 is 5.97 Å². The number of ketones is 1. The van der Waals surface area contributed by atoms with Crippen LogP contribution in [-0.2, 0) is 9.53 Å². The molecule has 0 spiro atoms. The molecule has 0 aliphatic carbocycles. The zero-order valence-corrected chi connectivity index (χ0v) is 14.2. The van der Waals surface area contributed by atoms with Crippen LogP contribution in [0.4, 0.5) is 5.69 Å². The van der Waals surface area contributed by atoms with Gasteiger partial charge in [-0.1, -0.05) is 24.3 Å². The van der Waals surface area contributed by atoms with Crippen molar-refractivity contribution >= 4 is 35.3 Å². The summed E-state index contributed by atoms with van der Waals surface area (Å²) < 4.78 is 4.90. The first-order valence-corrected chi connectivity index (χ1v) is 8.48. The molecule has 2 aromatic rings. The number of hydrogen-bond acceptors (Lipinski definition) is 6. The molecule has 0 saturated carbocycles. The van der Waals surface area contributed by atoms with E-state index in [1.54, 1.807) is 30.0 Å². The molecule has 2 aromatic carbocycles. The topological polar surface area (TPSA) is 86.5 Å². The van der Waals surface area contributed by atoms with E-state index in [1.165, 1.54) is 24.3 Å². The number of non-ortho nitro benzene ring substituents is 1. The molecule has 0 atom stereocenters. The Balaban J connectivity index is 1.90. The van der Waals surface area contributed by atoms with Crippen molar-refractivity contribution in [2.45, 2.75) is 4.90 Å². The van der Waals surface area contributed by atoms with E-state index < -0.39 is 10.9 Å². The van der Waals surface area contributed by atoms with Crippen LogP contribution in [0.1, 0.15) is 15.9 Å². The number of nitro benzene ring substituents is 1.